The van der Waals surface area contributed by atoms with Gasteiger partial charge in [0.05, 0.1) is 0 Å². The molecule has 2 unspecified atom stereocenters. The van der Waals surface area contributed by atoms with E-state index in [0.717, 1.165) is 17.8 Å². The molecule has 0 saturated heterocycles. The van der Waals surface area contributed by atoms with Crippen LogP contribution >= 0.6 is 0 Å². The highest BCUT2D eigenvalue weighted by atomic mass is 14.5. The van der Waals surface area contributed by atoms with Crippen molar-refractivity contribution in [2.45, 2.75) is 47.0 Å². The Morgan fingerprint density at radius 2 is 2.19 bits per heavy atom. The number of hydrogen-bond acceptors (Lipinski definition) is 0. The number of allylic oxidation sites excluding steroid dienone is 3. The fraction of sp³-hybridized carbons (Fsp3) is 0.750. The molecule has 0 aliphatic heterocycles. The second-order valence-electron chi connectivity index (χ2n) is 6.32. The first-order valence-electron chi connectivity index (χ1n) is 6.83. The minimum atomic E-state index is 0.472. The van der Waals surface area contributed by atoms with Crippen LogP contribution in [0.5, 0.6) is 0 Å². The first-order valence-corrected chi connectivity index (χ1v) is 6.83. The van der Waals surface area contributed by atoms with Crippen LogP contribution in [0.3, 0.4) is 0 Å². The zero-order valence-electron chi connectivity index (χ0n) is 11.3. The van der Waals surface area contributed by atoms with Crippen molar-refractivity contribution < 1.29 is 0 Å². The molecular formula is C16H26. The van der Waals surface area contributed by atoms with Gasteiger partial charge in [-0.25, -0.2) is 0 Å². The summed E-state index contributed by atoms with van der Waals surface area (Å²) in [6.45, 7) is 13.7. The van der Waals surface area contributed by atoms with Crippen molar-refractivity contribution in [3.8, 4) is 0 Å². The summed E-state index contributed by atoms with van der Waals surface area (Å²) < 4.78 is 0. The highest BCUT2D eigenvalue weighted by molar-refractivity contribution is 5.28. The molecule has 0 radical (unpaired) electrons. The van der Waals surface area contributed by atoms with Crippen molar-refractivity contribution in [1.29, 1.82) is 0 Å². The lowest BCUT2D eigenvalue weighted by molar-refractivity contribution is 0.0699. The Labute approximate surface area is 101 Å². The first kappa shape index (κ1) is 12.0. The quantitative estimate of drug-likeness (QED) is 0.582. The summed E-state index contributed by atoms with van der Waals surface area (Å²) in [6.07, 6.45) is 8.71. The largest absolute Gasteiger partial charge is 0.102 e. The smallest absolute Gasteiger partial charge is 0.00488 e. The summed E-state index contributed by atoms with van der Waals surface area (Å²) in [5.74, 6) is 3.23. The molecule has 0 aromatic heterocycles. The van der Waals surface area contributed by atoms with E-state index >= 15 is 0 Å². The van der Waals surface area contributed by atoms with E-state index in [2.05, 4.69) is 46.4 Å². The SMILES string of the molecule is C=C[C@H](C)C1=CC[C@H]2C(C)C(C)CC[C@]12C. The van der Waals surface area contributed by atoms with Gasteiger partial charge >= 0.3 is 0 Å². The Kier molecular flexibility index (Phi) is 3.03. The van der Waals surface area contributed by atoms with Crippen LogP contribution in [0.25, 0.3) is 0 Å². The van der Waals surface area contributed by atoms with E-state index in [4.69, 9.17) is 0 Å². The molecular weight excluding hydrogens is 192 g/mol. The van der Waals surface area contributed by atoms with Crippen LogP contribution in [0.15, 0.2) is 24.3 Å². The molecule has 0 bridgehead atoms. The fourth-order valence-corrected chi connectivity index (χ4v) is 4.11. The van der Waals surface area contributed by atoms with Crippen molar-refractivity contribution in [3.05, 3.63) is 24.3 Å². The van der Waals surface area contributed by atoms with E-state index in [1.165, 1.54) is 19.3 Å². The molecule has 1 fully saturated rings. The van der Waals surface area contributed by atoms with Gasteiger partial charge in [-0.15, -0.1) is 6.58 Å². The third kappa shape index (κ3) is 1.58. The van der Waals surface area contributed by atoms with Crippen molar-refractivity contribution >= 4 is 0 Å². The normalized spacial score (nSPS) is 44.8. The molecule has 2 aliphatic rings. The van der Waals surface area contributed by atoms with E-state index < -0.39 is 0 Å². The lowest BCUT2D eigenvalue weighted by Gasteiger charge is -2.47. The maximum absolute atomic E-state index is 3.97. The van der Waals surface area contributed by atoms with E-state index in [1.807, 2.05) is 0 Å². The molecule has 0 heterocycles. The molecule has 0 aromatic rings. The van der Waals surface area contributed by atoms with Gasteiger partial charge in [0.2, 0.25) is 0 Å². The van der Waals surface area contributed by atoms with Crippen LogP contribution < -0.4 is 0 Å². The molecule has 16 heavy (non-hydrogen) atoms. The molecule has 1 saturated carbocycles. The Bertz CT molecular complexity index is 312. The predicted octanol–water partition coefficient (Wildman–Crippen LogP) is 4.83. The maximum Gasteiger partial charge on any atom is -0.00488 e. The van der Waals surface area contributed by atoms with Gasteiger partial charge in [0, 0.05) is 0 Å². The standard InChI is InChI=1S/C16H26/c1-6-11(2)14-7-8-15-13(4)12(3)9-10-16(14,15)5/h6-7,11-13,15H,1,8-10H2,2-5H3/t11-,12?,13?,15-,16+/m0/s1. The van der Waals surface area contributed by atoms with E-state index in [0.29, 0.717) is 11.3 Å². The Morgan fingerprint density at radius 1 is 1.50 bits per heavy atom. The van der Waals surface area contributed by atoms with E-state index in [1.54, 1.807) is 5.57 Å². The zero-order valence-corrected chi connectivity index (χ0v) is 11.3. The van der Waals surface area contributed by atoms with E-state index in [-0.39, 0.29) is 0 Å². The lowest BCUT2D eigenvalue weighted by Crippen LogP contribution is -2.38. The van der Waals surface area contributed by atoms with Gasteiger partial charge < -0.3 is 0 Å². The fourth-order valence-electron chi connectivity index (χ4n) is 4.11. The third-order valence-corrected chi connectivity index (χ3v) is 5.56. The van der Waals surface area contributed by atoms with Crippen LogP contribution in [0.4, 0.5) is 0 Å². The van der Waals surface area contributed by atoms with Gasteiger partial charge in [0.15, 0.2) is 0 Å². The van der Waals surface area contributed by atoms with Gasteiger partial charge in [-0.3, -0.25) is 0 Å². The monoisotopic (exact) mass is 218 g/mol. The van der Waals surface area contributed by atoms with Crippen molar-refractivity contribution in [1.82, 2.24) is 0 Å². The summed E-state index contributed by atoms with van der Waals surface area (Å²) in [5.41, 5.74) is 2.14. The molecule has 2 rings (SSSR count). The molecule has 2 aliphatic carbocycles. The van der Waals surface area contributed by atoms with Crippen LogP contribution in [0.1, 0.15) is 47.0 Å². The van der Waals surface area contributed by atoms with Gasteiger partial charge in [0.25, 0.3) is 0 Å². The predicted molar refractivity (Wildman–Crippen MR) is 71.2 cm³/mol. The van der Waals surface area contributed by atoms with Crippen molar-refractivity contribution in [3.63, 3.8) is 0 Å². The Hall–Kier alpha value is -0.520. The highest BCUT2D eigenvalue weighted by Gasteiger charge is 2.48. The molecule has 0 nitrogen and oxygen atoms in total. The van der Waals surface area contributed by atoms with Gasteiger partial charge in [-0.1, -0.05) is 45.4 Å². The summed E-state index contributed by atoms with van der Waals surface area (Å²) in [4.78, 5) is 0. The van der Waals surface area contributed by atoms with E-state index in [9.17, 15) is 0 Å². The lowest BCUT2D eigenvalue weighted by atomic mass is 9.58. The van der Waals surface area contributed by atoms with Gasteiger partial charge in [-0.05, 0) is 48.3 Å². The van der Waals surface area contributed by atoms with Crippen LogP contribution in [-0.4, -0.2) is 0 Å². The molecule has 0 amide bonds. The van der Waals surface area contributed by atoms with Crippen molar-refractivity contribution in [2.75, 3.05) is 0 Å². The average molecular weight is 218 g/mol. The number of rotatable bonds is 2. The minimum absolute atomic E-state index is 0.472. The zero-order chi connectivity index (χ0) is 11.9. The third-order valence-electron chi connectivity index (χ3n) is 5.56. The highest BCUT2D eigenvalue weighted by Crippen LogP contribution is 2.57. The second-order valence-corrected chi connectivity index (χ2v) is 6.32. The molecule has 0 aromatic carbocycles. The number of hydrogen-bond donors (Lipinski definition) is 0. The summed E-state index contributed by atoms with van der Waals surface area (Å²) in [7, 11) is 0. The van der Waals surface area contributed by atoms with Gasteiger partial charge in [-0.2, -0.15) is 0 Å². The van der Waals surface area contributed by atoms with Crippen LogP contribution in [0, 0.1) is 29.1 Å². The molecule has 90 valence electrons. The number of fused-ring (bicyclic) bond motifs is 1. The van der Waals surface area contributed by atoms with Gasteiger partial charge in [0.1, 0.15) is 0 Å². The Morgan fingerprint density at radius 3 is 2.81 bits per heavy atom. The molecule has 0 heteroatoms. The topological polar surface area (TPSA) is 0 Å². The Balaban J connectivity index is 2.26. The summed E-state index contributed by atoms with van der Waals surface area (Å²) in [5, 5.41) is 0. The molecule has 0 spiro atoms. The first-order chi connectivity index (χ1) is 7.50. The minimum Gasteiger partial charge on any atom is -0.102 e. The maximum atomic E-state index is 3.97. The summed E-state index contributed by atoms with van der Waals surface area (Å²) >= 11 is 0. The average Bonchev–Trinajstić information content (AvgIpc) is 2.62. The summed E-state index contributed by atoms with van der Waals surface area (Å²) in [6, 6.07) is 0. The van der Waals surface area contributed by atoms with Crippen LogP contribution in [-0.2, 0) is 0 Å². The van der Waals surface area contributed by atoms with Crippen molar-refractivity contribution in [2.24, 2.45) is 29.1 Å². The second kappa shape index (κ2) is 4.05. The van der Waals surface area contributed by atoms with Crippen LogP contribution in [0.2, 0.25) is 0 Å². The molecule has 0 N–H and O–H groups in total. The molecule has 5 atom stereocenters.